The minimum atomic E-state index is -2.96. The van der Waals surface area contributed by atoms with Crippen LogP contribution >= 0.6 is 0 Å². The number of rotatable bonds is 8. The molecule has 1 aromatic heterocycles. The molecular formula is C72H131F2N9O8. The maximum atomic E-state index is 13.2. The van der Waals surface area contributed by atoms with Crippen LogP contribution in [0.1, 0.15) is 244 Å². The van der Waals surface area contributed by atoms with E-state index in [1.807, 2.05) is 209 Å². The molecule has 3 aliphatic rings. The van der Waals surface area contributed by atoms with E-state index in [1.54, 1.807) is 50.0 Å². The number of nitrogens with one attached hydrogen (secondary N) is 3. The van der Waals surface area contributed by atoms with Gasteiger partial charge in [0.2, 0.25) is 41.4 Å². The van der Waals surface area contributed by atoms with Gasteiger partial charge in [0, 0.05) is 130 Å². The van der Waals surface area contributed by atoms with Gasteiger partial charge in [0.25, 0.3) is 5.92 Å². The maximum absolute atomic E-state index is 13.2. The van der Waals surface area contributed by atoms with Crippen LogP contribution in [-0.4, -0.2) is 143 Å². The van der Waals surface area contributed by atoms with Crippen LogP contribution in [0.25, 0.3) is 5.69 Å². The number of likely N-dealkylation sites (tertiary alicyclic amines) is 1. The van der Waals surface area contributed by atoms with E-state index < -0.39 is 11.3 Å². The Bertz CT molecular complexity index is 2560. The van der Waals surface area contributed by atoms with Gasteiger partial charge in [0.05, 0.1) is 5.69 Å². The van der Waals surface area contributed by atoms with Crippen molar-refractivity contribution >= 4 is 47.1 Å². The summed E-state index contributed by atoms with van der Waals surface area (Å²) < 4.78 is 27.8. The van der Waals surface area contributed by atoms with Crippen LogP contribution in [0.5, 0.6) is 0 Å². The van der Waals surface area contributed by atoms with Crippen LogP contribution in [0.15, 0.2) is 36.5 Å². The number of hydrogen-bond donors (Lipinski definition) is 3. The van der Waals surface area contributed by atoms with Crippen LogP contribution in [0, 0.1) is 49.2 Å². The molecule has 526 valence electrons. The highest BCUT2D eigenvalue weighted by atomic mass is 19.3. The third-order valence-electron chi connectivity index (χ3n) is 14.3. The minimum absolute atomic E-state index is 0.0246. The number of halogens is 2. The molecule has 7 amide bonds. The molecule has 1 unspecified atom stereocenters. The lowest BCUT2D eigenvalue weighted by atomic mass is 9.92. The quantitative estimate of drug-likeness (QED) is 0.230. The molecule has 5 rings (SSSR count). The molecule has 3 fully saturated rings. The molecule has 2 saturated carbocycles. The first-order valence-electron chi connectivity index (χ1n) is 32.5. The van der Waals surface area contributed by atoms with Crippen LogP contribution in [0.3, 0.4) is 0 Å². The molecule has 3 N–H and O–H groups in total. The van der Waals surface area contributed by atoms with Crippen molar-refractivity contribution in [2.24, 2.45) is 49.2 Å². The van der Waals surface area contributed by atoms with Crippen molar-refractivity contribution in [2.45, 2.75) is 257 Å². The number of Topliss-reactive ketones (excluding diaryl/α,β-unsaturated/α-hetero) is 1. The van der Waals surface area contributed by atoms with Gasteiger partial charge in [0.1, 0.15) is 11.5 Å². The van der Waals surface area contributed by atoms with Crippen LogP contribution in [-0.2, 0) is 50.8 Å². The number of ketones is 1. The van der Waals surface area contributed by atoms with Gasteiger partial charge in [-0.1, -0.05) is 178 Å². The zero-order valence-electron chi connectivity index (χ0n) is 63.5. The summed E-state index contributed by atoms with van der Waals surface area (Å²) in [5.41, 5.74) is -0.574. The van der Waals surface area contributed by atoms with Gasteiger partial charge in [-0.2, -0.15) is 13.9 Å². The molecule has 1 atom stereocenters. The molecule has 2 aromatic rings. The lowest BCUT2D eigenvalue weighted by Gasteiger charge is -2.29. The lowest BCUT2D eigenvalue weighted by molar-refractivity contribution is -0.140. The number of alkyl halides is 2. The number of hydrogen-bond acceptors (Lipinski definition) is 9. The SMILES string of the molecule is CC(=O)C(C)(C)C.CC(C)(C)C(=O)NCC1CC1.CC(C)(C)C(=O)NCc1ccc(-n2ccc(C(C)(F)F)n2)cc1.CC1CCCN1C(=O)C(C)(C)C.CCN(C)C(=O)C(C)(C)C.CN(C(=O)C(C)(C)C)C1CC1.CN(C)C(=O)C(C)(C)C.CNC(=O)C(C)(C)C. The molecule has 19 heteroatoms. The molecule has 1 aromatic carbocycles. The van der Waals surface area contributed by atoms with Crippen LogP contribution < -0.4 is 16.0 Å². The summed E-state index contributed by atoms with van der Waals surface area (Å²) in [4.78, 5) is 97.3. The second-order valence-electron chi connectivity index (χ2n) is 32.8. The van der Waals surface area contributed by atoms with Crippen molar-refractivity contribution in [2.75, 3.05) is 54.9 Å². The summed E-state index contributed by atoms with van der Waals surface area (Å²) >= 11 is 0. The molecule has 91 heavy (non-hydrogen) atoms. The number of amides is 7. The fourth-order valence-corrected chi connectivity index (χ4v) is 7.32. The predicted molar refractivity (Wildman–Crippen MR) is 369 cm³/mol. The fourth-order valence-electron chi connectivity index (χ4n) is 7.32. The van der Waals surface area contributed by atoms with E-state index >= 15 is 0 Å². The minimum Gasteiger partial charge on any atom is -0.359 e. The predicted octanol–water partition coefficient (Wildman–Crippen LogP) is 13.9. The second kappa shape index (κ2) is 37.2. The molecule has 17 nitrogen and oxygen atoms in total. The molecule has 0 radical (unpaired) electrons. The highest BCUT2D eigenvalue weighted by Crippen LogP contribution is 2.31. The standard InChI is InChI=1S/C17H21F2N3O.C10H19NO.2C9H17NO.C8H17NO.C7H15NO.C6H13NO.C6H12O/c1-16(2,3)15(23)20-11-12-5-7-13(8-6-12)22-10-9-14(21-22)17(4,18)19;1-8-6-5-7-11(8)9(12)10(2,3)4;1-9(2,3)8(11)10(4)7-5-6-7;1-9(2,3)8(11)10-6-7-4-5-7;1-6-9(5)7(10)8(2,3)4;1-7(2,3)6(9)8(4)5;1-6(2,3)5(8)7-4;1-5(7)6(2,3)4/h5-10H,11H2,1-4H3,(H,20,23);8H,5-7H2,1-4H3;7H,5-6H2,1-4H3;7H,4-6H2,1-3H3,(H,10,11);6H2,1-5H3;1-5H3;1-4H3,(H,7,8);1-4H3. The van der Waals surface area contributed by atoms with Crippen LogP contribution in [0.2, 0.25) is 0 Å². The highest BCUT2D eigenvalue weighted by molar-refractivity contribution is 5.84. The van der Waals surface area contributed by atoms with Crippen molar-refractivity contribution in [3.63, 3.8) is 0 Å². The highest BCUT2D eigenvalue weighted by Gasteiger charge is 2.36. The van der Waals surface area contributed by atoms with E-state index in [4.69, 9.17) is 0 Å². The van der Waals surface area contributed by atoms with Crippen molar-refractivity contribution in [1.29, 1.82) is 0 Å². The lowest BCUT2D eigenvalue weighted by Crippen LogP contribution is -2.41. The van der Waals surface area contributed by atoms with Crippen molar-refractivity contribution < 1.29 is 47.1 Å². The molecule has 0 bridgehead atoms. The summed E-state index contributed by atoms with van der Waals surface area (Å²) in [6.07, 6.45) is 8.82. The molecule has 2 aliphatic carbocycles. The van der Waals surface area contributed by atoms with Gasteiger partial charge in [0.15, 0.2) is 0 Å². The average Bonchev–Trinajstić information content (AvgIpc) is 1.76. The van der Waals surface area contributed by atoms with Gasteiger partial charge in [-0.25, -0.2) is 4.68 Å². The molecule has 0 spiro atoms. The largest absolute Gasteiger partial charge is 0.359 e. The first kappa shape index (κ1) is 89.4. The zero-order chi connectivity index (χ0) is 72.6. The normalized spacial score (nSPS) is 14.9. The summed E-state index contributed by atoms with van der Waals surface area (Å²) in [5, 5.41) is 12.3. The Morgan fingerprint density at radius 2 is 0.967 bits per heavy atom. The molecule has 1 saturated heterocycles. The van der Waals surface area contributed by atoms with Crippen LogP contribution in [0.4, 0.5) is 8.78 Å². The number of benzene rings is 1. The first-order chi connectivity index (χ1) is 40.6. The number of nitrogens with zero attached hydrogens (tertiary/aromatic N) is 6. The van der Waals surface area contributed by atoms with E-state index in [-0.39, 0.29) is 84.8 Å². The summed E-state index contributed by atoms with van der Waals surface area (Å²) in [6.45, 7) is 55.7. The monoisotopic (exact) mass is 1290 g/mol. The first-order valence-corrected chi connectivity index (χ1v) is 32.5. The molecular weight excluding hydrogens is 1160 g/mol. The number of aromatic nitrogens is 2. The van der Waals surface area contributed by atoms with E-state index in [9.17, 15) is 47.1 Å². The fraction of sp³-hybridized carbons (Fsp3) is 0.764. The Morgan fingerprint density at radius 3 is 1.22 bits per heavy atom. The van der Waals surface area contributed by atoms with Gasteiger partial charge in [-0.05, 0) is 89.0 Å². The van der Waals surface area contributed by atoms with Gasteiger partial charge in [-0.15, -0.1) is 0 Å². The Hall–Kier alpha value is -5.75. The third-order valence-corrected chi connectivity index (χ3v) is 14.3. The Kier molecular flexibility index (Phi) is 36.6. The number of carbonyl (C=O) groups excluding carboxylic acids is 8. The van der Waals surface area contributed by atoms with E-state index in [1.165, 1.54) is 55.5 Å². The average molecular weight is 1290 g/mol. The summed E-state index contributed by atoms with van der Waals surface area (Å²) in [5.74, 6) is -0.772. The smallest absolute Gasteiger partial charge is 0.288 e. The topological polar surface area (TPSA) is 203 Å². The third kappa shape index (κ3) is 38.8. The van der Waals surface area contributed by atoms with E-state index in [0.717, 1.165) is 38.0 Å². The summed E-state index contributed by atoms with van der Waals surface area (Å²) in [6, 6.07) is 9.54. The Balaban J connectivity index is -0.00000101. The van der Waals surface area contributed by atoms with Crippen molar-refractivity contribution in [3.8, 4) is 5.69 Å². The van der Waals surface area contributed by atoms with Crippen molar-refractivity contribution in [3.05, 3.63) is 47.8 Å². The molecule has 1 aliphatic heterocycles. The number of carbonyl (C=O) groups is 8. The molecule has 2 heterocycles. The van der Waals surface area contributed by atoms with Gasteiger partial charge in [-0.3, -0.25) is 38.4 Å². The maximum Gasteiger partial charge on any atom is 0.288 e. The van der Waals surface area contributed by atoms with Gasteiger partial charge < -0.3 is 35.6 Å². The second-order valence-corrected chi connectivity index (χ2v) is 32.8. The zero-order valence-corrected chi connectivity index (χ0v) is 63.5. The van der Waals surface area contributed by atoms with Crippen molar-refractivity contribution in [1.82, 2.24) is 45.3 Å². The van der Waals surface area contributed by atoms with E-state index in [0.29, 0.717) is 30.2 Å². The summed E-state index contributed by atoms with van der Waals surface area (Å²) in [7, 11) is 8.92. The van der Waals surface area contributed by atoms with Gasteiger partial charge >= 0.3 is 0 Å². The van der Waals surface area contributed by atoms with E-state index in [2.05, 4.69) is 28.0 Å². The Labute approximate surface area is 551 Å². The Morgan fingerprint density at radius 1 is 0.549 bits per heavy atom.